The molecule has 0 spiro atoms. The summed E-state index contributed by atoms with van der Waals surface area (Å²) in [6.45, 7) is 3.88. The van der Waals surface area contributed by atoms with Crippen LogP contribution in [-0.2, 0) is 11.2 Å². The summed E-state index contributed by atoms with van der Waals surface area (Å²) in [6.07, 6.45) is 1.11. The SMILES string of the molecule is CC(CO)C(C)NC(=O)CCc1cccc(Cl)c1. The number of amides is 1. The molecule has 0 aromatic heterocycles. The van der Waals surface area contributed by atoms with Crippen LogP contribution in [0.3, 0.4) is 0 Å². The molecule has 0 saturated carbocycles. The second-order valence-electron chi connectivity index (χ2n) is 4.65. The number of hydrogen-bond acceptors (Lipinski definition) is 2. The molecule has 0 heterocycles. The monoisotopic (exact) mass is 269 g/mol. The molecule has 0 aliphatic rings. The summed E-state index contributed by atoms with van der Waals surface area (Å²) in [4.78, 5) is 11.7. The van der Waals surface area contributed by atoms with E-state index in [1.165, 1.54) is 0 Å². The van der Waals surface area contributed by atoms with E-state index < -0.39 is 0 Å². The fourth-order valence-electron chi connectivity index (χ4n) is 1.58. The van der Waals surface area contributed by atoms with Crippen molar-refractivity contribution < 1.29 is 9.90 Å². The highest BCUT2D eigenvalue weighted by molar-refractivity contribution is 6.30. The topological polar surface area (TPSA) is 49.3 Å². The van der Waals surface area contributed by atoms with Gasteiger partial charge in [0, 0.05) is 24.1 Å². The number of aryl methyl sites for hydroxylation is 1. The quantitative estimate of drug-likeness (QED) is 0.833. The van der Waals surface area contributed by atoms with Crippen LogP contribution in [0.4, 0.5) is 0 Å². The molecular weight excluding hydrogens is 250 g/mol. The standard InChI is InChI=1S/C14H20ClNO2/c1-10(9-17)11(2)16-14(18)7-6-12-4-3-5-13(15)8-12/h3-5,8,10-11,17H,6-7,9H2,1-2H3,(H,16,18). The largest absolute Gasteiger partial charge is 0.396 e. The van der Waals surface area contributed by atoms with Crippen molar-refractivity contribution in [3.05, 3.63) is 34.9 Å². The summed E-state index contributed by atoms with van der Waals surface area (Å²) in [5.74, 6) is 0.0721. The fraction of sp³-hybridized carbons (Fsp3) is 0.500. The molecule has 1 aromatic carbocycles. The van der Waals surface area contributed by atoms with Gasteiger partial charge in [-0.3, -0.25) is 4.79 Å². The van der Waals surface area contributed by atoms with E-state index in [4.69, 9.17) is 16.7 Å². The molecule has 4 heteroatoms. The molecule has 2 atom stereocenters. The van der Waals surface area contributed by atoms with Crippen molar-refractivity contribution in [1.29, 1.82) is 0 Å². The van der Waals surface area contributed by atoms with Crippen LogP contribution in [0.25, 0.3) is 0 Å². The lowest BCUT2D eigenvalue weighted by molar-refractivity contribution is -0.122. The van der Waals surface area contributed by atoms with E-state index in [1.807, 2.05) is 38.1 Å². The number of benzene rings is 1. The first kappa shape index (κ1) is 15.0. The van der Waals surface area contributed by atoms with Crippen LogP contribution in [0.15, 0.2) is 24.3 Å². The van der Waals surface area contributed by atoms with Gasteiger partial charge in [-0.2, -0.15) is 0 Å². The molecular formula is C14H20ClNO2. The van der Waals surface area contributed by atoms with Crippen LogP contribution < -0.4 is 5.32 Å². The van der Waals surface area contributed by atoms with Crippen LogP contribution in [0.5, 0.6) is 0 Å². The fourth-order valence-corrected chi connectivity index (χ4v) is 1.79. The third-order valence-electron chi connectivity index (χ3n) is 3.06. The minimum Gasteiger partial charge on any atom is -0.396 e. The summed E-state index contributed by atoms with van der Waals surface area (Å²) < 4.78 is 0. The number of carbonyl (C=O) groups excluding carboxylic acids is 1. The molecule has 0 saturated heterocycles. The molecule has 0 fully saturated rings. The molecule has 3 nitrogen and oxygen atoms in total. The zero-order chi connectivity index (χ0) is 13.5. The molecule has 0 aliphatic carbocycles. The van der Waals surface area contributed by atoms with Crippen molar-refractivity contribution >= 4 is 17.5 Å². The van der Waals surface area contributed by atoms with Crippen LogP contribution in [0.2, 0.25) is 5.02 Å². The van der Waals surface area contributed by atoms with E-state index >= 15 is 0 Å². The smallest absolute Gasteiger partial charge is 0.220 e. The van der Waals surface area contributed by atoms with Crippen molar-refractivity contribution in [3.8, 4) is 0 Å². The van der Waals surface area contributed by atoms with Gasteiger partial charge in [-0.1, -0.05) is 30.7 Å². The van der Waals surface area contributed by atoms with Gasteiger partial charge in [0.2, 0.25) is 5.91 Å². The van der Waals surface area contributed by atoms with Gasteiger partial charge in [-0.15, -0.1) is 0 Å². The minimum atomic E-state index is -0.0122. The lowest BCUT2D eigenvalue weighted by Gasteiger charge is -2.19. The number of nitrogens with one attached hydrogen (secondary N) is 1. The number of aliphatic hydroxyl groups excluding tert-OH is 1. The lowest BCUT2D eigenvalue weighted by Crippen LogP contribution is -2.38. The predicted molar refractivity (Wildman–Crippen MR) is 73.6 cm³/mol. The minimum absolute atomic E-state index is 0.00257. The van der Waals surface area contributed by atoms with E-state index in [0.717, 1.165) is 5.56 Å². The van der Waals surface area contributed by atoms with Gasteiger partial charge < -0.3 is 10.4 Å². The molecule has 1 rings (SSSR count). The Kier molecular flexibility index (Phi) is 6.16. The highest BCUT2D eigenvalue weighted by atomic mass is 35.5. The summed E-state index contributed by atoms with van der Waals surface area (Å²) in [5, 5.41) is 12.6. The number of carbonyl (C=O) groups is 1. The first-order valence-electron chi connectivity index (χ1n) is 6.17. The van der Waals surface area contributed by atoms with Crippen molar-refractivity contribution in [2.45, 2.75) is 32.7 Å². The van der Waals surface area contributed by atoms with E-state index in [9.17, 15) is 4.79 Å². The van der Waals surface area contributed by atoms with E-state index in [2.05, 4.69) is 5.32 Å². The molecule has 2 unspecified atom stereocenters. The normalized spacial score (nSPS) is 14.0. The van der Waals surface area contributed by atoms with Gasteiger partial charge in [0.25, 0.3) is 0 Å². The highest BCUT2D eigenvalue weighted by Gasteiger charge is 2.13. The van der Waals surface area contributed by atoms with Gasteiger partial charge in [0.05, 0.1) is 0 Å². The Morgan fingerprint density at radius 3 is 2.78 bits per heavy atom. The lowest BCUT2D eigenvalue weighted by atomic mass is 10.0. The molecule has 2 N–H and O–H groups in total. The Hall–Kier alpha value is -1.06. The average Bonchev–Trinajstić information content (AvgIpc) is 2.35. The molecule has 0 aliphatic heterocycles. The molecule has 100 valence electrons. The van der Waals surface area contributed by atoms with Gasteiger partial charge in [-0.05, 0) is 37.0 Å². The van der Waals surface area contributed by atoms with Crippen molar-refractivity contribution in [2.24, 2.45) is 5.92 Å². The Bertz CT molecular complexity index is 395. The molecule has 18 heavy (non-hydrogen) atoms. The van der Waals surface area contributed by atoms with Gasteiger partial charge in [0.1, 0.15) is 0 Å². The first-order chi connectivity index (χ1) is 8.52. The predicted octanol–water partition coefficient (Wildman–Crippen LogP) is 2.41. The maximum absolute atomic E-state index is 11.7. The van der Waals surface area contributed by atoms with Gasteiger partial charge >= 0.3 is 0 Å². The van der Waals surface area contributed by atoms with Gasteiger partial charge in [-0.25, -0.2) is 0 Å². The van der Waals surface area contributed by atoms with Crippen LogP contribution in [-0.4, -0.2) is 23.7 Å². The zero-order valence-corrected chi connectivity index (χ0v) is 11.6. The molecule has 1 aromatic rings. The summed E-state index contributed by atoms with van der Waals surface area (Å²) in [5.41, 5.74) is 1.06. The third-order valence-corrected chi connectivity index (χ3v) is 3.30. The number of halogens is 1. The average molecular weight is 270 g/mol. The van der Waals surface area contributed by atoms with Crippen LogP contribution in [0, 0.1) is 5.92 Å². The Morgan fingerprint density at radius 1 is 1.44 bits per heavy atom. The Labute approximate surface area is 113 Å². The van der Waals surface area contributed by atoms with Crippen molar-refractivity contribution in [3.63, 3.8) is 0 Å². The van der Waals surface area contributed by atoms with Crippen LogP contribution >= 0.6 is 11.6 Å². The zero-order valence-electron chi connectivity index (χ0n) is 10.8. The number of rotatable bonds is 6. The summed E-state index contributed by atoms with van der Waals surface area (Å²) in [7, 11) is 0. The van der Waals surface area contributed by atoms with Crippen LogP contribution in [0.1, 0.15) is 25.8 Å². The number of hydrogen-bond donors (Lipinski definition) is 2. The first-order valence-corrected chi connectivity index (χ1v) is 6.55. The van der Waals surface area contributed by atoms with Gasteiger partial charge in [0.15, 0.2) is 0 Å². The Morgan fingerprint density at radius 2 is 2.17 bits per heavy atom. The highest BCUT2D eigenvalue weighted by Crippen LogP contribution is 2.12. The maximum atomic E-state index is 11.7. The second-order valence-corrected chi connectivity index (χ2v) is 5.08. The van der Waals surface area contributed by atoms with Crippen molar-refractivity contribution in [2.75, 3.05) is 6.61 Å². The summed E-state index contributed by atoms with van der Waals surface area (Å²) >= 11 is 5.88. The van der Waals surface area contributed by atoms with E-state index in [1.54, 1.807) is 0 Å². The number of aliphatic hydroxyl groups is 1. The maximum Gasteiger partial charge on any atom is 0.220 e. The second kappa shape index (κ2) is 7.39. The van der Waals surface area contributed by atoms with Crippen molar-refractivity contribution in [1.82, 2.24) is 5.32 Å². The molecule has 1 amide bonds. The van der Waals surface area contributed by atoms with E-state index in [-0.39, 0.29) is 24.5 Å². The Balaban J connectivity index is 2.37. The molecule has 0 radical (unpaired) electrons. The molecule has 0 bridgehead atoms. The van der Waals surface area contributed by atoms with E-state index in [0.29, 0.717) is 17.9 Å². The third kappa shape index (κ3) is 5.07. The summed E-state index contributed by atoms with van der Waals surface area (Å²) in [6, 6.07) is 7.51.